The van der Waals surface area contributed by atoms with Crippen LogP contribution in [0.1, 0.15) is 30.4 Å². The van der Waals surface area contributed by atoms with Crippen LogP contribution in [-0.2, 0) is 31.2 Å². The van der Waals surface area contributed by atoms with Gasteiger partial charge in [0.25, 0.3) is 0 Å². The average Bonchev–Trinajstić information content (AvgIpc) is 3.35. The third kappa shape index (κ3) is 3.44. The minimum Gasteiger partial charge on any atom is -0.373 e. The number of aryl methyl sites for hydroxylation is 1. The van der Waals surface area contributed by atoms with Crippen molar-refractivity contribution in [2.24, 2.45) is 5.92 Å². The van der Waals surface area contributed by atoms with Crippen LogP contribution in [0.4, 0.5) is 0 Å². The van der Waals surface area contributed by atoms with Crippen molar-refractivity contribution in [2.45, 2.75) is 49.4 Å². The van der Waals surface area contributed by atoms with E-state index in [4.69, 9.17) is 4.74 Å². The molecular formula is C18H25NO5S2. The Morgan fingerprint density at radius 1 is 1.12 bits per heavy atom. The van der Waals surface area contributed by atoms with E-state index < -0.39 is 25.1 Å². The van der Waals surface area contributed by atoms with E-state index >= 15 is 0 Å². The van der Waals surface area contributed by atoms with E-state index in [0.29, 0.717) is 25.9 Å². The number of rotatable bonds is 5. The van der Waals surface area contributed by atoms with E-state index in [9.17, 15) is 16.8 Å². The van der Waals surface area contributed by atoms with Gasteiger partial charge in [-0.2, -0.15) is 4.31 Å². The largest absolute Gasteiger partial charge is 0.373 e. The highest BCUT2D eigenvalue weighted by atomic mass is 32.2. The van der Waals surface area contributed by atoms with Crippen LogP contribution in [0, 0.1) is 12.8 Å². The van der Waals surface area contributed by atoms with E-state index in [2.05, 4.69) is 0 Å². The maximum absolute atomic E-state index is 12.6. The van der Waals surface area contributed by atoms with Gasteiger partial charge in [0, 0.05) is 19.0 Å². The molecule has 2 saturated heterocycles. The topological polar surface area (TPSA) is 80.8 Å². The van der Waals surface area contributed by atoms with Crippen LogP contribution >= 0.6 is 0 Å². The average molecular weight is 400 g/mol. The van der Waals surface area contributed by atoms with Gasteiger partial charge in [-0.1, -0.05) is 29.8 Å². The van der Waals surface area contributed by atoms with Gasteiger partial charge in [-0.15, -0.1) is 0 Å². The summed E-state index contributed by atoms with van der Waals surface area (Å²) < 4.78 is 57.6. The lowest BCUT2D eigenvalue weighted by Crippen LogP contribution is -2.44. The fourth-order valence-corrected chi connectivity index (χ4v) is 8.09. The first-order valence-electron chi connectivity index (χ1n) is 9.15. The Kier molecular flexibility index (Phi) is 4.66. The second-order valence-corrected chi connectivity index (χ2v) is 12.3. The van der Waals surface area contributed by atoms with Crippen LogP contribution in [-0.4, -0.2) is 56.6 Å². The lowest BCUT2D eigenvalue weighted by molar-refractivity contribution is 0.000674. The highest BCUT2D eigenvalue weighted by Gasteiger charge is 2.53. The summed E-state index contributed by atoms with van der Waals surface area (Å²) in [6.45, 7) is 2.80. The summed E-state index contributed by atoms with van der Waals surface area (Å²) >= 11 is 0. The molecule has 26 heavy (non-hydrogen) atoms. The molecule has 1 saturated carbocycles. The Labute approximate surface area is 155 Å². The summed E-state index contributed by atoms with van der Waals surface area (Å²) in [6, 6.07) is 8.05. The van der Waals surface area contributed by atoms with Gasteiger partial charge in [0.15, 0.2) is 9.84 Å². The highest BCUT2D eigenvalue weighted by molar-refractivity contribution is 7.92. The van der Waals surface area contributed by atoms with E-state index in [1.807, 2.05) is 31.2 Å². The van der Waals surface area contributed by atoms with Crippen molar-refractivity contribution >= 4 is 19.9 Å². The summed E-state index contributed by atoms with van der Waals surface area (Å²) in [5, 5.41) is -0.940. The van der Waals surface area contributed by atoms with Gasteiger partial charge >= 0.3 is 0 Å². The zero-order valence-electron chi connectivity index (χ0n) is 14.9. The van der Waals surface area contributed by atoms with E-state index in [1.54, 1.807) is 0 Å². The molecule has 0 spiro atoms. The quantitative estimate of drug-likeness (QED) is 0.749. The molecule has 4 rings (SSSR count). The molecule has 2 aliphatic heterocycles. The van der Waals surface area contributed by atoms with Crippen molar-refractivity contribution in [3.63, 3.8) is 0 Å². The number of sulfonamides is 1. The first kappa shape index (κ1) is 18.4. The van der Waals surface area contributed by atoms with Crippen molar-refractivity contribution in [1.82, 2.24) is 4.31 Å². The third-order valence-corrected chi connectivity index (χ3v) is 10.3. The molecule has 0 N–H and O–H groups in total. The molecule has 3 fully saturated rings. The lowest BCUT2D eigenvalue weighted by atomic mass is 9.98. The molecule has 6 nitrogen and oxygen atoms in total. The zero-order valence-corrected chi connectivity index (χ0v) is 16.5. The van der Waals surface area contributed by atoms with Crippen molar-refractivity contribution in [2.75, 3.05) is 18.8 Å². The van der Waals surface area contributed by atoms with Gasteiger partial charge in [-0.05, 0) is 31.7 Å². The number of ether oxygens (including phenoxy) is 1. The number of fused-ring (bicyclic) bond motifs is 1. The summed E-state index contributed by atoms with van der Waals surface area (Å²) in [4.78, 5) is 0. The molecule has 1 aromatic rings. The molecule has 0 bridgehead atoms. The molecule has 0 aromatic heterocycles. The van der Waals surface area contributed by atoms with Gasteiger partial charge in [-0.25, -0.2) is 16.8 Å². The molecule has 144 valence electrons. The van der Waals surface area contributed by atoms with Gasteiger partial charge < -0.3 is 4.74 Å². The molecule has 1 aliphatic carbocycles. The Hall–Kier alpha value is -0.960. The first-order valence-corrected chi connectivity index (χ1v) is 12.4. The van der Waals surface area contributed by atoms with E-state index in [1.165, 1.54) is 9.87 Å². The Morgan fingerprint density at radius 3 is 2.46 bits per heavy atom. The standard InChI is InChI=1S/C18H25NO5S2/c1-13-2-4-14(5-3-13)12-24-17-8-9-25(20,21)18-11-19(10-16(17)18)26(22,23)15-6-7-15/h2-5,15-18H,6-12H2,1H3. The molecule has 3 unspecified atom stereocenters. The number of hydrogen-bond donors (Lipinski definition) is 0. The van der Waals surface area contributed by atoms with Gasteiger partial charge in [0.1, 0.15) is 0 Å². The first-order chi connectivity index (χ1) is 12.3. The van der Waals surface area contributed by atoms with E-state index in [-0.39, 0.29) is 36.1 Å². The Balaban J connectivity index is 1.49. The van der Waals surface area contributed by atoms with Crippen molar-refractivity contribution in [3.05, 3.63) is 35.4 Å². The van der Waals surface area contributed by atoms with Crippen LogP contribution < -0.4 is 0 Å². The fourth-order valence-electron chi connectivity index (χ4n) is 4.03. The number of hydrogen-bond acceptors (Lipinski definition) is 5. The van der Waals surface area contributed by atoms with Crippen molar-refractivity contribution in [1.29, 1.82) is 0 Å². The van der Waals surface area contributed by atoms with E-state index in [0.717, 1.165) is 5.56 Å². The summed E-state index contributed by atoms with van der Waals surface area (Å²) in [5.41, 5.74) is 2.22. The van der Waals surface area contributed by atoms with Gasteiger partial charge in [0.05, 0.1) is 29.0 Å². The molecule has 8 heteroatoms. The van der Waals surface area contributed by atoms with Gasteiger partial charge in [-0.3, -0.25) is 0 Å². The Bertz CT molecular complexity index is 875. The monoisotopic (exact) mass is 399 g/mol. The zero-order chi connectivity index (χ0) is 18.5. The van der Waals surface area contributed by atoms with Crippen LogP contribution in [0.2, 0.25) is 0 Å². The predicted molar refractivity (Wildman–Crippen MR) is 99.0 cm³/mol. The molecular weight excluding hydrogens is 374 g/mol. The van der Waals surface area contributed by atoms with Gasteiger partial charge in [0.2, 0.25) is 10.0 Å². The minimum atomic E-state index is -3.36. The smallest absolute Gasteiger partial charge is 0.217 e. The predicted octanol–water partition coefficient (Wildman–Crippen LogP) is 1.49. The Morgan fingerprint density at radius 2 is 1.81 bits per heavy atom. The van der Waals surface area contributed by atoms with Crippen LogP contribution in [0.5, 0.6) is 0 Å². The van der Waals surface area contributed by atoms with Crippen LogP contribution in [0.15, 0.2) is 24.3 Å². The maximum Gasteiger partial charge on any atom is 0.217 e. The van der Waals surface area contributed by atoms with Crippen molar-refractivity contribution < 1.29 is 21.6 Å². The number of nitrogens with zero attached hydrogens (tertiary/aromatic N) is 1. The van der Waals surface area contributed by atoms with Crippen LogP contribution in [0.3, 0.4) is 0 Å². The number of sulfone groups is 1. The molecule has 3 aliphatic rings. The summed E-state index contributed by atoms with van der Waals surface area (Å²) in [6.07, 6.45) is 1.60. The second kappa shape index (κ2) is 6.58. The SMILES string of the molecule is Cc1ccc(COC2CCS(=O)(=O)C3CN(S(=O)(=O)C4CC4)CC23)cc1. The van der Waals surface area contributed by atoms with Crippen LogP contribution in [0.25, 0.3) is 0 Å². The normalized spacial score (nSPS) is 31.7. The molecule has 0 radical (unpaired) electrons. The van der Waals surface area contributed by atoms with Crippen molar-refractivity contribution in [3.8, 4) is 0 Å². The molecule has 1 aromatic carbocycles. The molecule has 3 atom stereocenters. The third-order valence-electron chi connectivity index (χ3n) is 5.79. The summed E-state index contributed by atoms with van der Waals surface area (Å²) in [5.74, 6) is -0.197. The summed E-state index contributed by atoms with van der Waals surface area (Å²) in [7, 11) is -6.62. The number of benzene rings is 1. The maximum atomic E-state index is 12.6. The fraction of sp³-hybridized carbons (Fsp3) is 0.667. The lowest BCUT2D eigenvalue weighted by Gasteiger charge is -2.32. The highest BCUT2D eigenvalue weighted by Crippen LogP contribution is 2.39. The molecule has 0 amide bonds. The second-order valence-electron chi connectivity index (χ2n) is 7.75. The minimum absolute atomic E-state index is 0.0735. The molecule has 2 heterocycles.